The molecule has 0 aliphatic carbocycles. The first-order valence-electron chi connectivity index (χ1n) is 7.90. The van der Waals surface area contributed by atoms with E-state index in [4.69, 9.17) is 19.1 Å². The van der Waals surface area contributed by atoms with Crippen molar-refractivity contribution in [3.05, 3.63) is 64.7 Å². The first-order chi connectivity index (χ1) is 12.8. The van der Waals surface area contributed by atoms with Gasteiger partial charge in [0.15, 0.2) is 0 Å². The molecule has 2 aromatic carbocycles. The zero-order valence-corrected chi connectivity index (χ0v) is 15.1. The molecule has 1 aliphatic heterocycles. The van der Waals surface area contributed by atoms with Gasteiger partial charge in [-0.15, -0.1) is 0 Å². The maximum atomic E-state index is 12.9. The average molecular weight is 382 g/mol. The highest BCUT2D eigenvalue weighted by atomic mass is 19.4. The Morgan fingerprint density at radius 3 is 2.22 bits per heavy atom. The van der Waals surface area contributed by atoms with Crippen LogP contribution >= 0.6 is 0 Å². The highest BCUT2D eigenvalue weighted by molar-refractivity contribution is 5.40. The van der Waals surface area contributed by atoms with Gasteiger partial charge in [0.05, 0.1) is 12.2 Å². The Hall–Kier alpha value is -2.67. The Balaban J connectivity index is 0.000000855. The summed E-state index contributed by atoms with van der Waals surface area (Å²) in [6, 6.07) is 11.2. The molecule has 1 heterocycles. The topological polar surface area (TPSA) is 52.6 Å². The van der Waals surface area contributed by atoms with Gasteiger partial charge in [0.1, 0.15) is 31.5 Å². The fourth-order valence-electron chi connectivity index (χ4n) is 2.66. The second-order valence-corrected chi connectivity index (χ2v) is 5.99. The summed E-state index contributed by atoms with van der Waals surface area (Å²) in [4.78, 5) is 16.0. The van der Waals surface area contributed by atoms with Crippen molar-refractivity contribution in [3.63, 3.8) is 0 Å². The standard InChI is InChI=1S/C18H17F3O2.2CH2O/c1-12-3-7-15(8-4-12)22-11-17(2)16-9-14(18(19,20)21)6-5-13(16)10-23-17;2*1-2/h3-9H,10-11H2,1-2H3;2*1H2. The molecule has 2 aromatic rings. The molecule has 4 nitrogen and oxygen atoms in total. The summed E-state index contributed by atoms with van der Waals surface area (Å²) in [5, 5.41) is 0. The summed E-state index contributed by atoms with van der Waals surface area (Å²) < 4.78 is 50.2. The number of carbonyl (C=O) groups is 2. The number of benzene rings is 2. The lowest BCUT2D eigenvalue weighted by molar-refractivity contribution is -0.137. The van der Waals surface area contributed by atoms with Crippen LogP contribution in [0.5, 0.6) is 5.75 Å². The van der Waals surface area contributed by atoms with Gasteiger partial charge in [-0.2, -0.15) is 13.2 Å². The molecule has 0 spiro atoms. The van der Waals surface area contributed by atoms with Gasteiger partial charge in [0.25, 0.3) is 0 Å². The van der Waals surface area contributed by atoms with Crippen LogP contribution in [-0.2, 0) is 32.7 Å². The molecule has 0 saturated heterocycles. The molecule has 0 amide bonds. The lowest BCUT2D eigenvalue weighted by Gasteiger charge is -2.25. The second kappa shape index (κ2) is 9.32. The van der Waals surface area contributed by atoms with Crippen LogP contribution in [0.1, 0.15) is 29.2 Å². The Morgan fingerprint density at radius 1 is 1.07 bits per heavy atom. The van der Waals surface area contributed by atoms with E-state index in [0.29, 0.717) is 17.9 Å². The number of hydrogen-bond donors (Lipinski definition) is 0. The Labute approximate surface area is 155 Å². The zero-order chi connectivity index (χ0) is 20.7. The maximum Gasteiger partial charge on any atom is 0.416 e. The van der Waals surface area contributed by atoms with Gasteiger partial charge in [-0.05, 0) is 49.2 Å². The van der Waals surface area contributed by atoms with E-state index in [1.54, 1.807) is 6.92 Å². The second-order valence-electron chi connectivity index (χ2n) is 5.99. The van der Waals surface area contributed by atoms with Crippen LogP contribution in [0.3, 0.4) is 0 Å². The molecule has 1 unspecified atom stereocenters. The summed E-state index contributed by atoms with van der Waals surface area (Å²) in [6.07, 6.45) is -4.36. The van der Waals surface area contributed by atoms with Crippen molar-refractivity contribution in [1.82, 2.24) is 0 Å². The van der Waals surface area contributed by atoms with Crippen molar-refractivity contribution in [2.75, 3.05) is 6.61 Å². The van der Waals surface area contributed by atoms with E-state index < -0.39 is 17.3 Å². The number of halogens is 3. The van der Waals surface area contributed by atoms with E-state index in [0.717, 1.165) is 17.2 Å². The van der Waals surface area contributed by atoms with Gasteiger partial charge >= 0.3 is 6.18 Å². The van der Waals surface area contributed by atoms with Gasteiger partial charge in [-0.3, -0.25) is 0 Å². The molecule has 1 atom stereocenters. The van der Waals surface area contributed by atoms with Gasteiger partial charge in [0, 0.05) is 0 Å². The number of hydrogen-bond acceptors (Lipinski definition) is 4. The number of rotatable bonds is 3. The summed E-state index contributed by atoms with van der Waals surface area (Å²) in [5.74, 6) is 0.667. The molecule has 146 valence electrons. The lowest BCUT2D eigenvalue weighted by atomic mass is 9.93. The third-order valence-corrected chi connectivity index (χ3v) is 4.09. The van der Waals surface area contributed by atoms with Crippen LogP contribution < -0.4 is 4.74 Å². The fraction of sp³-hybridized carbons (Fsp3) is 0.300. The first-order valence-corrected chi connectivity index (χ1v) is 7.90. The number of fused-ring (bicyclic) bond motifs is 1. The van der Waals surface area contributed by atoms with Crippen molar-refractivity contribution < 1.29 is 32.2 Å². The molecular weight excluding hydrogens is 361 g/mol. The third-order valence-electron chi connectivity index (χ3n) is 4.09. The van der Waals surface area contributed by atoms with Crippen molar-refractivity contribution >= 4 is 13.6 Å². The van der Waals surface area contributed by atoms with Crippen LogP contribution in [0.4, 0.5) is 13.2 Å². The molecule has 7 heteroatoms. The summed E-state index contributed by atoms with van der Waals surface area (Å²) in [7, 11) is 0. The van der Waals surface area contributed by atoms with Crippen molar-refractivity contribution in [2.45, 2.75) is 32.2 Å². The van der Waals surface area contributed by atoms with Gasteiger partial charge in [0.2, 0.25) is 0 Å². The normalized spacial score (nSPS) is 17.7. The summed E-state index contributed by atoms with van der Waals surface area (Å²) >= 11 is 0. The maximum absolute atomic E-state index is 12.9. The van der Waals surface area contributed by atoms with Crippen molar-refractivity contribution in [1.29, 1.82) is 0 Å². The molecule has 27 heavy (non-hydrogen) atoms. The van der Waals surface area contributed by atoms with E-state index in [2.05, 4.69) is 0 Å². The van der Waals surface area contributed by atoms with E-state index in [-0.39, 0.29) is 6.61 Å². The predicted molar refractivity (Wildman–Crippen MR) is 94.5 cm³/mol. The highest BCUT2D eigenvalue weighted by Crippen LogP contribution is 2.40. The molecule has 1 aliphatic rings. The zero-order valence-electron chi connectivity index (χ0n) is 15.1. The van der Waals surface area contributed by atoms with Gasteiger partial charge < -0.3 is 19.1 Å². The minimum Gasteiger partial charge on any atom is -0.490 e. The average Bonchev–Trinajstić information content (AvgIpc) is 3.01. The molecule has 0 fully saturated rings. The van der Waals surface area contributed by atoms with Crippen molar-refractivity contribution in [2.24, 2.45) is 0 Å². The van der Waals surface area contributed by atoms with Gasteiger partial charge in [-0.1, -0.05) is 23.8 Å². The minimum absolute atomic E-state index is 0.157. The minimum atomic E-state index is -4.36. The Kier molecular flexibility index (Phi) is 7.72. The largest absolute Gasteiger partial charge is 0.490 e. The number of aryl methyl sites for hydroxylation is 1. The van der Waals surface area contributed by atoms with Gasteiger partial charge in [-0.25, -0.2) is 0 Å². The smallest absolute Gasteiger partial charge is 0.416 e. The van der Waals surface area contributed by atoms with Crippen LogP contribution in [-0.4, -0.2) is 20.2 Å². The van der Waals surface area contributed by atoms with E-state index in [9.17, 15) is 13.2 Å². The SMILES string of the molecule is C=O.C=O.Cc1ccc(OCC2(C)OCc3ccc(C(F)(F)F)cc32)cc1. The summed E-state index contributed by atoms with van der Waals surface area (Å²) in [6.45, 7) is 8.18. The van der Waals surface area contributed by atoms with Crippen LogP contribution in [0.2, 0.25) is 0 Å². The number of ether oxygens (including phenoxy) is 2. The third kappa shape index (κ3) is 5.40. The number of carbonyl (C=O) groups excluding carboxylic acids is 2. The van der Waals surface area contributed by atoms with E-state index in [1.165, 1.54) is 12.1 Å². The molecule has 0 N–H and O–H groups in total. The molecule has 3 rings (SSSR count). The molecular formula is C20H21F3O4. The molecule has 0 aromatic heterocycles. The van der Waals surface area contributed by atoms with Crippen molar-refractivity contribution in [3.8, 4) is 5.75 Å². The predicted octanol–water partition coefficient (Wildman–Crippen LogP) is 4.47. The van der Waals surface area contributed by atoms with Crippen LogP contribution in [0.15, 0.2) is 42.5 Å². The number of alkyl halides is 3. The first kappa shape index (κ1) is 22.4. The lowest BCUT2D eigenvalue weighted by Crippen LogP contribution is -2.29. The highest BCUT2D eigenvalue weighted by Gasteiger charge is 2.39. The Bertz CT molecular complexity index is 742. The van der Waals surface area contributed by atoms with Crippen LogP contribution in [0.25, 0.3) is 0 Å². The molecule has 0 radical (unpaired) electrons. The molecule has 0 bridgehead atoms. The quantitative estimate of drug-likeness (QED) is 0.786. The van der Waals surface area contributed by atoms with E-state index in [1.807, 2.05) is 44.8 Å². The summed E-state index contributed by atoms with van der Waals surface area (Å²) in [5.41, 5.74) is 0.873. The molecule has 0 saturated carbocycles. The fourth-order valence-corrected chi connectivity index (χ4v) is 2.66. The van der Waals surface area contributed by atoms with E-state index >= 15 is 0 Å². The Morgan fingerprint density at radius 2 is 1.67 bits per heavy atom. The van der Waals surface area contributed by atoms with Crippen LogP contribution in [0, 0.1) is 6.92 Å². The monoisotopic (exact) mass is 382 g/mol.